The Balaban J connectivity index is 0.000000980. The number of carboxylic acids is 1. The Kier molecular flexibility index (Phi) is 3.63. The zero-order valence-corrected chi connectivity index (χ0v) is 9.77. The number of carbonyl (C=O) groups is 1. The molecule has 0 saturated carbocycles. The molecule has 2 aromatic rings. The van der Waals surface area contributed by atoms with Gasteiger partial charge in [0.2, 0.25) is 0 Å². The van der Waals surface area contributed by atoms with Gasteiger partial charge in [-0.3, -0.25) is 0 Å². The van der Waals surface area contributed by atoms with Crippen molar-refractivity contribution in [2.75, 3.05) is 0 Å². The van der Waals surface area contributed by atoms with E-state index < -0.39 is 5.97 Å². The molecule has 4 heteroatoms. The summed E-state index contributed by atoms with van der Waals surface area (Å²) in [6, 6.07) is 9.08. The number of aromatic nitrogens is 1. The fraction of sp³-hybridized carbons (Fsp3) is 0. The molecule has 66 valence electrons. The summed E-state index contributed by atoms with van der Waals surface area (Å²) < 4.78 is 0. The van der Waals surface area contributed by atoms with Crippen LogP contribution in [0, 0.1) is 0 Å². The molecule has 0 saturated heterocycles. The first kappa shape index (κ1) is 11.2. The Morgan fingerprint density at radius 3 is 2.71 bits per heavy atom. The molecule has 0 aliphatic carbocycles. The second-order valence-corrected chi connectivity index (χ2v) is 2.69. The molecule has 0 radical (unpaired) electrons. The molecule has 0 atom stereocenters. The molecule has 1 heterocycles. The number of carboxylic acid groups (broad SMARTS) is 1. The molecule has 0 aliphatic rings. The fourth-order valence-corrected chi connectivity index (χ4v) is 1.29. The zero-order valence-electron chi connectivity index (χ0n) is 8.77. The van der Waals surface area contributed by atoms with Crippen LogP contribution in [0.4, 0.5) is 0 Å². The Morgan fingerprint density at radius 1 is 1.29 bits per heavy atom. The third-order valence-electron chi connectivity index (χ3n) is 1.88. The minimum absolute atomic E-state index is 0. The maximum absolute atomic E-state index is 10.8. The van der Waals surface area contributed by atoms with Crippen LogP contribution in [0.1, 0.15) is 11.9 Å². The summed E-state index contributed by atoms with van der Waals surface area (Å²) in [4.78, 5) is 14.6. The SMILES string of the molecule is O=C(O)c1nccc2ccccc12.[H-].[Na+]. The number of fused-ring (bicyclic) bond motifs is 1. The van der Waals surface area contributed by atoms with Crippen LogP contribution in [-0.4, -0.2) is 16.1 Å². The van der Waals surface area contributed by atoms with Gasteiger partial charge in [-0.1, -0.05) is 24.3 Å². The van der Waals surface area contributed by atoms with Gasteiger partial charge in [0.25, 0.3) is 0 Å². The molecule has 0 unspecified atom stereocenters. The molecular formula is C10H8NNaO2. The van der Waals surface area contributed by atoms with Crippen molar-refractivity contribution in [3.05, 3.63) is 42.2 Å². The molecule has 2 rings (SSSR count). The molecule has 0 amide bonds. The predicted octanol–water partition coefficient (Wildman–Crippen LogP) is -0.951. The van der Waals surface area contributed by atoms with E-state index >= 15 is 0 Å². The monoisotopic (exact) mass is 197 g/mol. The summed E-state index contributed by atoms with van der Waals surface area (Å²) in [5.41, 5.74) is 0.109. The summed E-state index contributed by atoms with van der Waals surface area (Å²) in [5.74, 6) is -0.989. The Bertz CT molecular complexity index is 470. The molecule has 14 heavy (non-hydrogen) atoms. The maximum atomic E-state index is 10.8. The van der Waals surface area contributed by atoms with Gasteiger partial charge in [-0.05, 0) is 11.5 Å². The number of rotatable bonds is 1. The van der Waals surface area contributed by atoms with E-state index in [0.717, 1.165) is 5.39 Å². The van der Waals surface area contributed by atoms with Crippen molar-refractivity contribution >= 4 is 16.7 Å². The second-order valence-electron chi connectivity index (χ2n) is 2.69. The van der Waals surface area contributed by atoms with Gasteiger partial charge in [-0.25, -0.2) is 9.78 Å². The molecule has 0 fully saturated rings. The first-order chi connectivity index (χ1) is 6.29. The van der Waals surface area contributed by atoms with E-state index in [1.54, 1.807) is 18.2 Å². The van der Waals surface area contributed by atoms with E-state index in [1.165, 1.54) is 6.20 Å². The van der Waals surface area contributed by atoms with Gasteiger partial charge in [-0.2, -0.15) is 0 Å². The van der Waals surface area contributed by atoms with Crippen molar-refractivity contribution in [1.29, 1.82) is 0 Å². The van der Waals surface area contributed by atoms with E-state index in [-0.39, 0.29) is 36.7 Å². The summed E-state index contributed by atoms with van der Waals surface area (Å²) in [5, 5.41) is 10.4. The van der Waals surface area contributed by atoms with Gasteiger partial charge in [-0.15, -0.1) is 0 Å². The molecule has 1 aromatic heterocycles. The van der Waals surface area contributed by atoms with Crippen LogP contribution in [0.3, 0.4) is 0 Å². The average molecular weight is 197 g/mol. The van der Waals surface area contributed by atoms with E-state index in [9.17, 15) is 4.79 Å². The van der Waals surface area contributed by atoms with Crippen molar-refractivity contribution < 1.29 is 40.9 Å². The number of benzene rings is 1. The Hall–Kier alpha value is -0.900. The fourth-order valence-electron chi connectivity index (χ4n) is 1.29. The quantitative estimate of drug-likeness (QED) is 0.600. The number of hydrogen-bond donors (Lipinski definition) is 1. The van der Waals surface area contributed by atoms with Crippen LogP contribution in [0.5, 0.6) is 0 Å². The van der Waals surface area contributed by atoms with Crippen LogP contribution < -0.4 is 29.6 Å². The largest absolute Gasteiger partial charge is 1.00 e. The summed E-state index contributed by atoms with van der Waals surface area (Å²) in [6.07, 6.45) is 1.51. The Morgan fingerprint density at radius 2 is 2.00 bits per heavy atom. The molecular weight excluding hydrogens is 189 g/mol. The van der Waals surface area contributed by atoms with Crippen molar-refractivity contribution in [3.63, 3.8) is 0 Å². The topological polar surface area (TPSA) is 50.2 Å². The standard InChI is InChI=1S/C10H7NO2.Na.H/c12-10(13)9-8-4-2-1-3-7(8)5-6-11-9;;/h1-6H,(H,12,13);;/q;+1;-1. The number of nitrogens with zero attached hydrogens (tertiary/aromatic N) is 1. The van der Waals surface area contributed by atoms with Crippen LogP contribution in [0.2, 0.25) is 0 Å². The van der Waals surface area contributed by atoms with Crippen LogP contribution in [0.25, 0.3) is 10.8 Å². The molecule has 3 nitrogen and oxygen atoms in total. The van der Waals surface area contributed by atoms with Crippen molar-refractivity contribution in [2.24, 2.45) is 0 Å². The van der Waals surface area contributed by atoms with E-state index in [4.69, 9.17) is 5.11 Å². The van der Waals surface area contributed by atoms with Crippen LogP contribution in [0.15, 0.2) is 36.5 Å². The zero-order chi connectivity index (χ0) is 9.26. The van der Waals surface area contributed by atoms with Crippen molar-refractivity contribution in [3.8, 4) is 0 Å². The van der Waals surface area contributed by atoms with Crippen LogP contribution in [-0.2, 0) is 0 Å². The summed E-state index contributed by atoms with van der Waals surface area (Å²) in [7, 11) is 0. The third kappa shape index (κ3) is 1.95. The second kappa shape index (κ2) is 4.55. The van der Waals surface area contributed by atoms with Gasteiger partial charge in [0, 0.05) is 11.6 Å². The van der Waals surface area contributed by atoms with E-state index in [1.807, 2.05) is 12.1 Å². The minimum Gasteiger partial charge on any atom is -1.00 e. The van der Waals surface area contributed by atoms with E-state index in [2.05, 4.69) is 4.98 Å². The molecule has 0 bridgehead atoms. The van der Waals surface area contributed by atoms with Crippen LogP contribution >= 0.6 is 0 Å². The van der Waals surface area contributed by atoms with Gasteiger partial charge in [0.1, 0.15) is 0 Å². The predicted molar refractivity (Wildman–Crippen MR) is 49.8 cm³/mol. The van der Waals surface area contributed by atoms with Gasteiger partial charge in [0.05, 0.1) is 0 Å². The summed E-state index contributed by atoms with van der Waals surface area (Å²) in [6.45, 7) is 0. The Labute approximate surface area is 105 Å². The van der Waals surface area contributed by atoms with Gasteiger partial charge >= 0.3 is 35.5 Å². The van der Waals surface area contributed by atoms with Crippen molar-refractivity contribution in [2.45, 2.75) is 0 Å². The average Bonchev–Trinajstić information content (AvgIpc) is 2.17. The third-order valence-corrected chi connectivity index (χ3v) is 1.88. The molecule has 0 aliphatic heterocycles. The number of hydrogen-bond acceptors (Lipinski definition) is 2. The van der Waals surface area contributed by atoms with Gasteiger partial charge < -0.3 is 6.53 Å². The maximum Gasteiger partial charge on any atom is 1.00 e. The molecule has 0 spiro atoms. The number of aromatic carboxylic acids is 1. The van der Waals surface area contributed by atoms with Crippen molar-refractivity contribution in [1.82, 2.24) is 4.98 Å². The molecule has 1 N–H and O–H groups in total. The van der Waals surface area contributed by atoms with Gasteiger partial charge in [0.15, 0.2) is 5.69 Å². The first-order valence-electron chi connectivity index (χ1n) is 3.86. The summed E-state index contributed by atoms with van der Waals surface area (Å²) >= 11 is 0. The first-order valence-corrected chi connectivity index (χ1v) is 3.86. The smallest absolute Gasteiger partial charge is 1.00 e. The number of pyridine rings is 1. The van der Waals surface area contributed by atoms with E-state index in [0.29, 0.717) is 5.39 Å². The minimum atomic E-state index is -0.989. The normalized spacial score (nSPS) is 9.43. The molecule has 1 aromatic carbocycles.